The third kappa shape index (κ3) is 1.44. The second kappa shape index (κ2) is 3.06. The van der Waals surface area contributed by atoms with Gasteiger partial charge in [0.1, 0.15) is 0 Å². The largest absolute Gasteiger partial charge is 0.328 e. The van der Waals surface area contributed by atoms with Crippen LogP contribution in [-0.2, 0) is 0 Å². The summed E-state index contributed by atoms with van der Waals surface area (Å²) in [5.41, 5.74) is 0.153. The highest BCUT2D eigenvalue weighted by molar-refractivity contribution is 8.00. The minimum atomic E-state index is -0.282. The Morgan fingerprint density at radius 3 is 2.69 bits per heavy atom. The Kier molecular flexibility index (Phi) is 2.03. The molecule has 5 heteroatoms. The molecule has 4 nitrogen and oxygen atoms in total. The zero-order valence-electron chi connectivity index (χ0n) is 7.24. The summed E-state index contributed by atoms with van der Waals surface area (Å²) >= 11 is 1.75. The number of nitrogens with one attached hydrogen (secondary N) is 1. The molecule has 0 unspecified atom stereocenters. The summed E-state index contributed by atoms with van der Waals surface area (Å²) in [4.78, 5) is 25.4. The molecule has 1 aromatic rings. The summed E-state index contributed by atoms with van der Waals surface area (Å²) in [7, 11) is 0. The predicted molar refractivity (Wildman–Crippen MR) is 52.4 cm³/mol. The molecule has 0 amide bonds. The van der Waals surface area contributed by atoms with Gasteiger partial charge in [-0.15, -0.1) is 0 Å². The highest BCUT2D eigenvalue weighted by Gasteiger charge is 2.22. The van der Waals surface area contributed by atoms with Crippen molar-refractivity contribution >= 4 is 11.8 Å². The minimum absolute atomic E-state index is 0.0989. The van der Waals surface area contributed by atoms with Crippen molar-refractivity contribution in [3.63, 3.8) is 0 Å². The lowest BCUT2D eigenvalue weighted by Crippen LogP contribution is -2.42. The molecular weight excluding hydrogens is 188 g/mol. The number of hydrogen-bond acceptors (Lipinski definition) is 3. The molecule has 13 heavy (non-hydrogen) atoms. The smallest absolute Gasteiger partial charge is 0.311 e. The lowest BCUT2D eigenvalue weighted by Gasteiger charge is -2.25. The molecule has 0 atom stereocenters. The van der Waals surface area contributed by atoms with Gasteiger partial charge in [-0.25, -0.2) is 4.79 Å². The summed E-state index contributed by atoms with van der Waals surface area (Å²) in [6.07, 6.45) is 0. The number of H-pyrrole nitrogens is 1. The lowest BCUT2D eigenvalue weighted by atomic mass is 10.3. The van der Waals surface area contributed by atoms with Gasteiger partial charge in [-0.05, 0) is 6.92 Å². The van der Waals surface area contributed by atoms with E-state index in [0.717, 1.165) is 11.5 Å². The lowest BCUT2D eigenvalue weighted by molar-refractivity contribution is 0.538. The van der Waals surface area contributed by atoms with Crippen LogP contribution in [0.1, 0.15) is 11.7 Å². The number of aromatic nitrogens is 2. The van der Waals surface area contributed by atoms with Crippen molar-refractivity contribution in [2.45, 2.75) is 13.0 Å². The molecule has 0 aliphatic carbocycles. The van der Waals surface area contributed by atoms with Gasteiger partial charge in [-0.1, -0.05) is 0 Å². The monoisotopic (exact) mass is 198 g/mol. The molecule has 1 aliphatic rings. The van der Waals surface area contributed by atoms with Gasteiger partial charge in [0.05, 0.1) is 6.04 Å². The Hall–Kier alpha value is -0.970. The van der Waals surface area contributed by atoms with Gasteiger partial charge in [-0.2, -0.15) is 11.8 Å². The van der Waals surface area contributed by atoms with Crippen molar-refractivity contribution in [2.75, 3.05) is 11.5 Å². The van der Waals surface area contributed by atoms with Crippen molar-refractivity contribution < 1.29 is 0 Å². The quantitative estimate of drug-likeness (QED) is 0.698. The molecule has 2 rings (SSSR count). The standard InChI is InChI=1S/C8H10N2O2S/c1-5-2-7(11)10(8(12)9-5)6-3-13-4-6/h2,6H,3-4H2,1H3,(H,9,12). The van der Waals surface area contributed by atoms with E-state index in [1.807, 2.05) is 0 Å². The van der Waals surface area contributed by atoms with Gasteiger partial charge in [-0.3, -0.25) is 9.36 Å². The van der Waals surface area contributed by atoms with Crippen molar-refractivity contribution in [3.05, 3.63) is 32.6 Å². The molecule has 1 aromatic heterocycles. The Labute approximate surface area is 79.0 Å². The van der Waals surface area contributed by atoms with Crippen LogP contribution in [0.4, 0.5) is 0 Å². The van der Waals surface area contributed by atoms with Crippen LogP contribution in [0.5, 0.6) is 0 Å². The van der Waals surface area contributed by atoms with Crippen LogP contribution in [-0.4, -0.2) is 21.1 Å². The second-order valence-corrected chi connectivity index (χ2v) is 4.23. The first-order valence-corrected chi connectivity index (χ1v) is 5.24. The molecule has 1 fully saturated rings. The van der Waals surface area contributed by atoms with Crippen LogP contribution in [0.3, 0.4) is 0 Å². The fraction of sp³-hybridized carbons (Fsp3) is 0.500. The van der Waals surface area contributed by atoms with Gasteiger partial charge in [0, 0.05) is 23.3 Å². The molecule has 0 aromatic carbocycles. The van der Waals surface area contributed by atoms with Crippen molar-refractivity contribution in [2.24, 2.45) is 0 Å². The summed E-state index contributed by atoms with van der Waals surface area (Å²) in [6, 6.07) is 1.56. The van der Waals surface area contributed by atoms with E-state index in [1.54, 1.807) is 18.7 Å². The highest BCUT2D eigenvalue weighted by Crippen LogP contribution is 2.26. The Bertz CT molecular complexity index is 399. The van der Waals surface area contributed by atoms with E-state index < -0.39 is 0 Å². The number of hydrogen-bond donors (Lipinski definition) is 1. The zero-order chi connectivity index (χ0) is 9.42. The predicted octanol–water partition coefficient (Wildman–Crippen LogP) is 0.133. The molecule has 70 valence electrons. The molecule has 0 spiro atoms. The van der Waals surface area contributed by atoms with Crippen LogP contribution in [0, 0.1) is 6.92 Å². The number of rotatable bonds is 1. The van der Waals surface area contributed by atoms with Crippen LogP contribution in [0.15, 0.2) is 15.7 Å². The van der Waals surface area contributed by atoms with Crippen molar-refractivity contribution in [3.8, 4) is 0 Å². The zero-order valence-corrected chi connectivity index (χ0v) is 8.06. The molecule has 0 bridgehead atoms. The van der Waals surface area contributed by atoms with Gasteiger partial charge < -0.3 is 4.98 Å². The van der Waals surface area contributed by atoms with Gasteiger partial charge in [0.2, 0.25) is 0 Å². The Morgan fingerprint density at radius 2 is 2.23 bits per heavy atom. The van der Waals surface area contributed by atoms with Gasteiger partial charge in [0.15, 0.2) is 0 Å². The first-order chi connectivity index (χ1) is 6.18. The summed E-state index contributed by atoms with van der Waals surface area (Å²) in [5, 5.41) is 0. The number of aromatic amines is 1. The Balaban J connectivity index is 2.56. The number of thioether (sulfide) groups is 1. The SMILES string of the molecule is Cc1cc(=O)n(C2CSC2)c(=O)[nH]1. The van der Waals surface area contributed by atoms with Crippen LogP contribution >= 0.6 is 11.8 Å². The minimum Gasteiger partial charge on any atom is -0.311 e. The summed E-state index contributed by atoms with van der Waals surface area (Å²) in [6.45, 7) is 1.71. The van der Waals surface area contributed by atoms with Crippen molar-refractivity contribution in [1.29, 1.82) is 0 Å². The average Bonchev–Trinajstić information content (AvgIpc) is 1.92. The molecule has 0 saturated carbocycles. The van der Waals surface area contributed by atoms with E-state index in [4.69, 9.17) is 0 Å². The molecular formula is C8H10N2O2S. The first kappa shape index (κ1) is 8.62. The van der Waals surface area contributed by atoms with E-state index in [9.17, 15) is 9.59 Å². The third-order valence-electron chi connectivity index (χ3n) is 2.09. The number of nitrogens with zero attached hydrogens (tertiary/aromatic N) is 1. The van der Waals surface area contributed by atoms with Crippen LogP contribution in [0.25, 0.3) is 0 Å². The van der Waals surface area contributed by atoms with E-state index in [1.165, 1.54) is 10.6 Å². The average molecular weight is 198 g/mol. The molecule has 0 radical (unpaired) electrons. The van der Waals surface area contributed by atoms with Gasteiger partial charge >= 0.3 is 5.69 Å². The van der Waals surface area contributed by atoms with E-state index >= 15 is 0 Å². The first-order valence-electron chi connectivity index (χ1n) is 4.08. The van der Waals surface area contributed by atoms with E-state index in [2.05, 4.69) is 4.98 Å². The molecule has 1 N–H and O–H groups in total. The molecule has 1 aliphatic heterocycles. The normalized spacial score (nSPS) is 17.0. The molecule has 2 heterocycles. The van der Waals surface area contributed by atoms with Crippen molar-refractivity contribution in [1.82, 2.24) is 9.55 Å². The second-order valence-electron chi connectivity index (χ2n) is 3.16. The van der Waals surface area contributed by atoms with E-state index in [0.29, 0.717) is 5.69 Å². The number of aryl methyl sites for hydroxylation is 1. The Morgan fingerprint density at radius 1 is 1.54 bits per heavy atom. The maximum atomic E-state index is 11.4. The highest BCUT2D eigenvalue weighted by atomic mass is 32.2. The summed E-state index contributed by atoms with van der Waals surface area (Å²) < 4.78 is 1.31. The third-order valence-corrected chi connectivity index (χ3v) is 3.33. The fourth-order valence-electron chi connectivity index (χ4n) is 1.34. The van der Waals surface area contributed by atoms with Gasteiger partial charge in [0.25, 0.3) is 5.56 Å². The molecule has 1 saturated heterocycles. The summed E-state index contributed by atoms with van der Waals surface area (Å²) in [5.74, 6) is 1.73. The van der Waals surface area contributed by atoms with Crippen LogP contribution < -0.4 is 11.2 Å². The van der Waals surface area contributed by atoms with Crippen LogP contribution in [0.2, 0.25) is 0 Å². The maximum Gasteiger partial charge on any atom is 0.328 e. The topological polar surface area (TPSA) is 54.9 Å². The van der Waals surface area contributed by atoms with E-state index in [-0.39, 0.29) is 17.3 Å². The fourth-order valence-corrected chi connectivity index (χ4v) is 2.08. The maximum absolute atomic E-state index is 11.4.